The fourth-order valence-electron chi connectivity index (χ4n) is 2.62. The Bertz CT molecular complexity index is 533. The maximum Gasteiger partial charge on any atom is 0.310 e. The number of nitrogens with zero attached hydrogens (tertiary/aromatic N) is 1. The van der Waals surface area contributed by atoms with Crippen LogP contribution in [0.3, 0.4) is 0 Å². The molecule has 1 aromatic rings. The number of benzene rings is 1. The molecule has 0 bridgehead atoms. The zero-order chi connectivity index (χ0) is 16.7. The van der Waals surface area contributed by atoms with Gasteiger partial charge in [0.05, 0.1) is 19.1 Å². The van der Waals surface area contributed by atoms with Crippen LogP contribution < -0.4 is 10.1 Å². The lowest BCUT2D eigenvalue weighted by atomic mass is 9.98. The molecule has 1 N–H and O–H groups in total. The quantitative estimate of drug-likeness (QED) is 0.659. The van der Waals surface area contributed by atoms with Gasteiger partial charge in [0.25, 0.3) is 0 Å². The van der Waals surface area contributed by atoms with Gasteiger partial charge in [0.2, 0.25) is 0 Å². The highest BCUT2D eigenvalue weighted by atomic mass is 32.1. The molecule has 1 saturated heterocycles. The van der Waals surface area contributed by atoms with Crippen LogP contribution in [-0.4, -0.2) is 42.3 Å². The van der Waals surface area contributed by atoms with Crippen LogP contribution >= 0.6 is 12.2 Å². The third-order valence-electron chi connectivity index (χ3n) is 3.75. The molecule has 2 rings (SSSR count). The van der Waals surface area contributed by atoms with Crippen molar-refractivity contribution in [2.75, 3.05) is 31.6 Å². The number of thiocarbonyl (C=S) groups is 1. The average Bonchev–Trinajstić information content (AvgIpc) is 2.57. The number of carbonyl (C=O) groups is 1. The van der Waals surface area contributed by atoms with Gasteiger partial charge in [-0.05, 0) is 63.2 Å². The molecule has 0 unspecified atom stereocenters. The van der Waals surface area contributed by atoms with E-state index in [4.69, 9.17) is 21.7 Å². The third-order valence-corrected chi connectivity index (χ3v) is 4.11. The van der Waals surface area contributed by atoms with Gasteiger partial charge in [-0.25, -0.2) is 0 Å². The van der Waals surface area contributed by atoms with Crippen molar-refractivity contribution in [2.45, 2.75) is 26.7 Å². The van der Waals surface area contributed by atoms with E-state index in [1.807, 2.05) is 43.0 Å². The standard InChI is InChI=1S/C17H24N2O3S/c1-3-21-15-9-7-14(8-10-15)18-17(23)19-11-5-6-13(12-19)16(20)22-4-2/h7-10,13H,3-6,11-12H2,1-2H3,(H,18,23)/t13-/m0/s1. The summed E-state index contributed by atoms with van der Waals surface area (Å²) in [6.45, 7) is 6.33. The summed E-state index contributed by atoms with van der Waals surface area (Å²) >= 11 is 5.48. The SMILES string of the molecule is CCOC(=O)[C@H]1CCCN(C(=S)Nc2ccc(OCC)cc2)C1. The van der Waals surface area contributed by atoms with Crippen LogP contribution in [0.5, 0.6) is 5.75 Å². The number of piperidine rings is 1. The van der Waals surface area contributed by atoms with E-state index >= 15 is 0 Å². The lowest BCUT2D eigenvalue weighted by Crippen LogP contribution is -2.44. The van der Waals surface area contributed by atoms with Crippen molar-refractivity contribution in [2.24, 2.45) is 5.92 Å². The van der Waals surface area contributed by atoms with E-state index in [0.29, 0.717) is 24.9 Å². The molecule has 1 fully saturated rings. The Morgan fingerprint density at radius 3 is 2.70 bits per heavy atom. The Kier molecular flexibility index (Phi) is 6.65. The van der Waals surface area contributed by atoms with Gasteiger partial charge in [-0.15, -0.1) is 0 Å². The normalized spacial score (nSPS) is 17.5. The number of likely N-dealkylation sites (tertiary alicyclic amines) is 1. The van der Waals surface area contributed by atoms with Gasteiger partial charge in [-0.3, -0.25) is 4.79 Å². The first kappa shape index (κ1) is 17.5. The van der Waals surface area contributed by atoms with E-state index in [2.05, 4.69) is 5.32 Å². The molecule has 1 aliphatic rings. The molecule has 1 aliphatic heterocycles. The van der Waals surface area contributed by atoms with Crippen molar-refractivity contribution in [3.8, 4) is 5.75 Å². The summed E-state index contributed by atoms with van der Waals surface area (Å²) in [6.07, 6.45) is 1.80. The van der Waals surface area contributed by atoms with Gasteiger partial charge in [0.15, 0.2) is 5.11 Å². The van der Waals surface area contributed by atoms with Crippen LogP contribution in [0.2, 0.25) is 0 Å². The fraction of sp³-hybridized carbons (Fsp3) is 0.529. The largest absolute Gasteiger partial charge is 0.494 e. The molecule has 0 aromatic heterocycles. The lowest BCUT2D eigenvalue weighted by Gasteiger charge is -2.33. The molecule has 1 aromatic carbocycles. The summed E-state index contributed by atoms with van der Waals surface area (Å²) in [5.41, 5.74) is 0.914. The maximum atomic E-state index is 11.9. The summed E-state index contributed by atoms with van der Waals surface area (Å²) in [5.74, 6) is 0.620. The summed E-state index contributed by atoms with van der Waals surface area (Å²) in [6, 6.07) is 7.69. The van der Waals surface area contributed by atoms with Gasteiger partial charge in [0, 0.05) is 18.8 Å². The molecule has 1 heterocycles. The molecule has 0 spiro atoms. The van der Waals surface area contributed by atoms with Crippen molar-refractivity contribution in [3.63, 3.8) is 0 Å². The minimum absolute atomic E-state index is 0.0937. The highest BCUT2D eigenvalue weighted by Crippen LogP contribution is 2.20. The first-order valence-electron chi connectivity index (χ1n) is 8.09. The Hall–Kier alpha value is -1.82. The van der Waals surface area contributed by atoms with Crippen molar-refractivity contribution < 1.29 is 14.3 Å². The number of carbonyl (C=O) groups excluding carboxylic acids is 1. The minimum Gasteiger partial charge on any atom is -0.494 e. The summed E-state index contributed by atoms with van der Waals surface area (Å²) < 4.78 is 10.5. The predicted molar refractivity (Wildman–Crippen MR) is 94.8 cm³/mol. The average molecular weight is 336 g/mol. The van der Waals surface area contributed by atoms with Crippen molar-refractivity contribution in [1.82, 2.24) is 4.90 Å². The molecule has 0 radical (unpaired) electrons. The third kappa shape index (κ3) is 5.10. The number of anilines is 1. The van der Waals surface area contributed by atoms with Crippen LogP contribution in [-0.2, 0) is 9.53 Å². The Labute approximate surface area is 142 Å². The summed E-state index contributed by atoms with van der Waals surface area (Å²) in [7, 11) is 0. The monoisotopic (exact) mass is 336 g/mol. The van der Waals surface area contributed by atoms with Gasteiger partial charge in [-0.1, -0.05) is 0 Å². The molecular formula is C17H24N2O3S. The highest BCUT2D eigenvalue weighted by molar-refractivity contribution is 7.80. The van der Waals surface area contributed by atoms with Crippen LogP contribution in [0.4, 0.5) is 5.69 Å². The van der Waals surface area contributed by atoms with E-state index in [0.717, 1.165) is 30.8 Å². The topological polar surface area (TPSA) is 50.8 Å². The highest BCUT2D eigenvalue weighted by Gasteiger charge is 2.28. The van der Waals surface area contributed by atoms with E-state index in [-0.39, 0.29) is 11.9 Å². The zero-order valence-corrected chi connectivity index (χ0v) is 14.5. The number of nitrogens with one attached hydrogen (secondary N) is 1. The zero-order valence-electron chi connectivity index (χ0n) is 13.7. The molecule has 0 aliphatic carbocycles. The second-order valence-corrected chi connectivity index (χ2v) is 5.81. The second kappa shape index (κ2) is 8.72. The molecule has 1 atom stereocenters. The van der Waals surface area contributed by atoms with E-state index in [9.17, 15) is 4.79 Å². The van der Waals surface area contributed by atoms with Gasteiger partial charge >= 0.3 is 5.97 Å². The van der Waals surface area contributed by atoms with Gasteiger partial charge in [0.1, 0.15) is 5.75 Å². The minimum atomic E-state index is -0.124. The first-order valence-corrected chi connectivity index (χ1v) is 8.50. The van der Waals surface area contributed by atoms with E-state index < -0.39 is 0 Å². The van der Waals surface area contributed by atoms with Crippen LogP contribution in [0.25, 0.3) is 0 Å². The fourth-order valence-corrected chi connectivity index (χ4v) is 2.90. The lowest BCUT2D eigenvalue weighted by molar-refractivity contribution is -0.149. The molecule has 0 amide bonds. The number of hydrogen-bond donors (Lipinski definition) is 1. The van der Waals surface area contributed by atoms with Crippen molar-refractivity contribution in [3.05, 3.63) is 24.3 Å². The number of esters is 1. The predicted octanol–water partition coefficient (Wildman–Crippen LogP) is 3.06. The smallest absolute Gasteiger partial charge is 0.310 e. The van der Waals surface area contributed by atoms with Gasteiger partial charge < -0.3 is 19.7 Å². The molecule has 5 nitrogen and oxygen atoms in total. The Balaban J connectivity index is 1.90. The van der Waals surface area contributed by atoms with E-state index in [1.54, 1.807) is 0 Å². The molecule has 126 valence electrons. The molecule has 23 heavy (non-hydrogen) atoms. The van der Waals surface area contributed by atoms with Gasteiger partial charge in [-0.2, -0.15) is 0 Å². The molecular weight excluding hydrogens is 312 g/mol. The Morgan fingerprint density at radius 1 is 1.30 bits per heavy atom. The number of rotatable bonds is 5. The second-order valence-electron chi connectivity index (χ2n) is 5.42. The maximum absolute atomic E-state index is 11.9. The first-order chi connectivity index (χ1) is 11.1. The summed E-state index contributed by atoms with van der Waals surface area (Å²) in [4.78, 5) is 13.9. The number of ether oxygens (including phenoxy) is 2. The van der Waals surface area contributed by atoms with Crippen molar-refractivity contribution >= 4 is 29.0 Å². The molecule has 6 heteroatoms. The van der Waals surface area contributed by atoms with Crippen LogP contribution in [0.1, 0.15) is 26.7 Å². The van der Waals surface area contributed by atoms with E-state index in [1.165, 1.54) is 0 Å². The number of hydrogen-bond acceptors (Lipinski definition) is 4. The van der Waals surface area contributed by atoms with Crippen LogP contribution in [0, 0.1) is 5.92 Å². The summed E-state index contributed by atoms with van der Waals surface area (Å²) in [5, 5.41) is 3.86. The Morgan fingerprint density at radius 2 is 2.04 bits per heavy atom. The van der Waals surface area contributed by atoms with Crippen LogP contribution in [0.15, 0.2) is 24.3 Å². The molecule has 0 saturated carbocycles. The van der Waals surface area contributed by atoms with Crippen molar-refractivity contribution in [1.29, 1.82) is 0 Å².